The minimum Gasteiger partial charge on any atom is -0.486 e. The van der Waals surface area contributed by atoms with E-state index in [1.54, 1.807) is 4.90 Å². The van der Waals surface area contributed by atoms with Gasteiger partial charge in [0.1, 0.15) is 29.9 Å². The molecule has 0 spiro atoms. The first-order valence-electron chi connectivity index (χ1n) is 14.8. The second-order valence-corrected chi connectivity index (χ2v) is 13.1. The van der Waals surface area contributed by atoms with Gasteiger partial charge in [0.15, 0.2) is 11.6 Å². The molecule has 9 nitrogen and oxygen atoms in total. The van der Waals surface area contributed by atoms with Gasteiger partial charge in [-0.25, -0.2) is 18.2 Å². The predicted octanol–water partition coefficient (Wildman–Crippen LogP) is 5.04. The van der Waals surface area contributed by atoms with Gasteiger partial charge < -0.3 is 25.4 Å². The Morgan fingerprint density at radius 1 is 1.20 bits per heavy atom. The molecule has 3 N–H and O–H groups in total. The van der Waals surface area contributed by atoms with Gasteiger partial charge in [0.2, 0.25) is 0 Å². The monoisotopic (exact) mass is 655 g/mol. The largest absolute Gasteiger partial charge is 0.486 e. The number of pyridine rings is 1. The van der Waals surface area contributed by atoms with E-state index in [4.69, 9.17) is 26.8 Å². The lowest BCUT2D eigenvalue weighted by atomic mass is 9.85. The fourth-order valence-corrected chi connectivity index (χ4v) is 8.20. The minimum absolute atomic E-state index is 0.0129. The molecule has 7 heterocycles. The van der Waals surface area contributed by atoms with Crippen molar-refractivity contribution in [2.75, 3.05) is 36.9 Å². The van der Waals surface area contributed by atoms with Gasteiger partial charge in [-0.15, -0.1) is 0 Å². The Labute approximate surface area is 258 Å². The van der Waals surface area contributed by atoms with Gasteiger partial charge in [-0.05, 0) is 38.3 Å². The lowest BCUT2D eigenvalue weighted by molar-refractivity contribution is -0.137. The Morgan fingerprint density at radius 2 is 2.00 bits per heavy atom. The number of nitrogen functional groups attached to an aromatic ring is 1. The number of aromatic nitrogens is 3. The van der Waals surface area contributed by atoms with Crippen molar-refractivity contribution >= 4 is 34.1 Å². The number of piperazine rings is 1. The number of hydrogen-bond acceptors (Lipinski definition) is 9. The van der Waals surface area contributed by atoms with Crippen LogP contribution in [0.2, 0.25) is 5.02 Å². The third-order valence-electron chi connectivity index (χ3n) is 9.92. The first-order valence-corrected chi connectivity index (χ1v) is 15.1. The molecule has 0 aliphatic carbocycles. The highest BCUT2D eigenvalue weighted by Crippen LogP contribution is 2.52. The highest BCUT2D eigenvalue weighted by Gasteiger charge is 2.60. The number of benzene rings is 1. The highest BCUT2D eigenvalue weighted by atomic mass is 35.5. The van der Waals surface area contributed by atoms with Crippen molar-refractivity contribution < 1.29 is 35.8 Å². The van der Waals surface area contributed by atoms with Crippen LogP contribution in [0, 0.1) is 5.82 Å². The van der Waals surface area contributed by atoms with E-state index in [0.717, 1.165) is 18.9 Å². The molecule has 3 aromatic rings. The quantitative estimate of drug-likeness (QED) is 0.375. The van der Waals surface area contributed by atoms with Gasteiger partial charge in [-0.1, -0.05) is 11.6 Å². The Balaban J connectivity index is 1.33. The van der Waals surface area contributed by atoms with Gasteiger partial charge in [0.25, 0.3) is 5.92 Å². The maximum absolute atomic E-state index is 16.8. The number of alkyl halides is 5. The fraction of sp³-hybridized carbons (Fsp3) is 0.552. The smallest absolute Gasteiger partial charge is 0.418 e. The molecule has 0 unspecified atom stereocenters. The van der Waals surface area contributed by atoms with E-state index in [1.807, 2.05) is 11.8 Å². The summed E-state index contributed by atoms with van der Waals surface area (Å²) in [5.41, 5.74) is 1.72. The molecule has 2 bridgehead atoms. The molecule has 0 radical (unpaired) electrons. The average Bonchev–Trinajstić information content (AvgIpc) is 3.37. The summed E-state index contributed by atoms with van der Waals surface area (Å²) in [4.78, 5) is 16.5. The molecule has 2 aromatic heterocycles. The highest BCUT2D eigenvalue weighted by molar-refractivity contribution is 6.36. The van der Waals surface area contributed by atoms with Crippen LogP contribution < -0.4 is 25.4 Å². The molecule has 240 valence electrons. The molecular weight excluding hydrogens is 628 g/mol. The van der Waals surface area contributed by atoms with Crippen LogP contribution in [0.1, 0.15) is 38.2 Å². The number of hydrogen-bond donors (Lipinski definition) is 2. The summed E-state index contributed by atoms with van der Waals surface area (Å²) < 4.78 is 100. The van der Waals surface area contributed by atoms with Crippen molar-refractivity contribution in [3.8, 4) is 23.0 Å². The molecule has 4 fully saturated rings. The lowest BCUT2D eigenvalue weighted by Crippen LogP contribution is -2.62. The first-order chi connectivity index (χ1) is 21.2. The molecule has 5 aliphatic rings. The topological polar surface area (TPSA) is 102 Å². The molecule has 0 amide bonds. The average molecular weight is 656 g/mol. The fourth-order valence-electron chi connectivity index (χ4n) is 7.89. The summed E-state index contributed by atoms with van der Waals surface area (Å²) in [6, 6.07) is 1.19. The Morgan fingerprint density at radius 3 is 2.71 bits per heavy atom. The summed E-state index contributed by atoms with van der Waals surface area (Å²) in [5.74, 6) is -4.18. The van der Waals surface area contributed by atoms with Crippen LogP contribution in [0.4, 0.5) is 38.0 Å². The summed E-state index contributed by atoms with van der Waals surface area (Å²) in [6.45, 7) is 2.25. The van der Waals surface area contributed by atoms with Crippen molar-refractivity contribution in [2.24, 2.45) is 0 Å². The van der Waals surface area contributed by atoms with E-state index in [1.165, 1.54) is 0 Å². The molecule has 5 atom stereocenters. The van der Waals surface area contributed by atoms with Crippen molar-refractivity contribution in [1.82, 2.24) is 25.2 Å². The number of nitrogens with two attached hydrogens (primary N) is 1. The molecule has 8 rings (SSSR count). The molecule has 45 heavy (non-hydrogen) atoms. The second kappa shape index (κ2) is 9.61. The Bertz CT molecular complexity index is 1740. The van der Waals surface area contributed by atoms with Crippen LogP contribution in [0.15, 0.2) is 12.1 Å². The van der Waals surface area contributed by atoms with Crippen molar-refractivity contribution in [2.45, 2.75) is 74.5 Å². The molecular formula is C29H28ClF6N7O2. The Hall–Kier alpha value is -3.30. The van der Waals surface area contributed by atoms with E-state index in [2.05, 4.69) is 20.3 Å². The van der Waals surface area contributed by atoms with Crippen LogP contribution in [0.5, 0.6) is 11.8 Å². The summed E-state index contributed by atoms with van der Waals surface area (Å²) >= 11 is 6.77. The number of anilines is 2. The third-order valence-corrected chi connectivity index (χ3v) is 10.3. The van der Waals surface area contributed by atoms with Gasteiger partial charge in [-0.2, -0.15) is 23.1 Å². The van der Waals surface area contributed by atoms with Crippen LogP contribution in [0.25, 0.3) is 22.2 Å². The summed E-state index contributed by atoms with van der Waals surface area (Å²) in [6.07, 6.45) is -3.65. The number of ether oxygens (including phenoxy) is 2. The number of nitrogens with one attached hydrogen (secondary N) is 1. The number of fused-ring (bicyclic) bond motifs is 6. The minimum atomic E-state index is -4.92. The molecule has 16 heteroatoms. The van der Waals surface area contributed by atoms with Crippen LogP contribution >= 0.6 is 11.6 Å². The number of rotatable bonds is 4. The zero-order valence-electron chi connectivity index (χ0n) is 23.9. The van der Waals surface area contributed by atoms with Crippen molar-refractivity contribution in [1.29, 1.82) is 0 Å². The van der Waals surface area contributed by atoms with E-state index in [-0.39, 0.29) is 65.6 Å². The maximum Gasteiger partial charge on any atom is 0.418 e. The van der Waals surface area contributed by atoms with Crippen molar-refractivity contribution in [3.63, 3.8) is 0 Å². The third kappa shape index (κ3) is 4.40. The van der Waals surface area contributed by atoms with E-state index in [0.29, 0.717) is 25.6 Å². The summed E-state index contributed by atoms with van der Waals surface area (Å²) in [7, 11) is 0. The maximum atomic E-state index is 16.8. The Kier molecular flexibility index (Phi) is 6.22. The lowest BCUT2D eigenvalue weighted by Gasteiger charge is -2.46. The number of halogens is 7. The molecule has 1 aromatic carbocycles. The van der Waals surface area contributed by atoms with E-state index < -0.39 is 57.8 Å². The zero-order valence-corrected chi connectivity index (χ0v) is 24.7. The van der Waals surface area contributed by atoms with Gasteiger partial charge in [-0.3, -0.25) is 4.90 Å². The van der Waals surface area contributed by atoms with Gasteiger partial charge >= 0.3 is 12.2 Å². The van der Waals surface area contributed by atoms with E-state index >= 15 is 4.39 Å². The summed E-state index contributed by atoms with van der Waals surface area (Å²) in [5, 5.41) is 3.23. The zero-order chi connectivity index (χ0) is 31.6. The predicted molar refractivity (Wildman–Crippen MR) is 152 cm³/mol. The van der Waals surface area contributed by atoms with E-state index in [9.17, 15) is 22.0 Å². The SMILES string of the molecule is C[C@@H]1Oc2c(Cl)c(-c3nc(N)ccc3C(F)(F)F)c(F)c3nc(OC[C@@]45CCN4CC(F)(F)C5)nc(c23)N2C[C@H]3CC[C@H](N3)[C@@H]12. The normalized spacial score (nSPS) is 30.0. The molecule has 0 saturated carbocycles. The molecule has 4 saturated heterocycles. The first kappa shape index (κ1) is 29.1. The molecule has 5 aliphatic heterocycles. The van der Waals surface area contributed by atoms with Crippen LogP contribution in [0.3, 0.4) is 0 Å². The standard InChI is InChI=1S/C29H28ClF6N7O2/c1-12-23-15-4-2-13(38-15)8-43(23)25-18-22(40-26(41-25)44-11-27-6-7-42(27)10-28(32,33)9-27)20(31)17(19(30)24(18)45-12)21-14(29(34,35)36)3-5-16(37)39-21/h3,5,12-13,15,23,38H,2,4,6-11H2,1H3,(H2,37,39)/t12-,13+,15-,23+,27-/m0/s1. The van der Waals surface area contributed by atoms with Crippen LogP contribution in [-0.2, 0) is 6.18 Å². The van der Waals surface area contributed by atoms with Crippen molar-refractivity contribution in [3.05, 3.63) is 28.5 Å². The van der Waals surface area contributed by atoms with Gasteiger partial charge in [0.05, 0.1) is 45.4 Å². The number of nitrogens with zero attached hydrogens (tertiary/aromatic N) is 5. The second-order valence-electron chi connectivity index (χ2n) is 12.7. The van der Waals surface area contributed by atoms with Gasteiger partial charge in [0, 0.05) is 31.6 Å². The van der Waals surface area contributed by atoms with Crippen LogP contribution in [-0.4, -0.2) is 81.8 Å².